The van der Waals surface area contributed by atoms with Crippen LogP contribution < -0.4 is 16.0 Å². The van der Waals surface area contributed by atoms with Crippen molar-refractivity contribution in [3.63, 3.8) is 0 Å². The van der Waals surface area contributed by atoms with E-state index in [-0.39, 0.29) is 30.6 Å². The summed E-state index contributed by atoms with van der Waals surface area (Å²) in [6.07, 6.45) is 2.10. The number of carbonyl (C=O) groups is 2. The van der Waals surface area contributed by atoms with E-state index in [1.54, 1.807) is 11.0 Å². The number of amides is 2. The third-order valence-electron chi connectivity index (χ3n) is 3.96. The summed E-state index contributed by atoms with van der Waals surface area (Å²) in [4.78, 5) is 26.8. The maximum atomic E-state index is 12.5. The minimum absolute atomic E-state index is 0. The van der Waals surface area contributed by atoms with Gasteiger partial charge in [-0.2, -0.15) is 0 Å². The molecule has 1 aromatic carbocycles. The molecule has 2 heterocycles. The Hall–Kier alpha value is -2.05. The van der Waals surface area contributed by atoms with E-state index in [9.17, 15) is 9.59 Å². The molecule has 5 nitrogen and oxygen atoms in total. The number of nitrogens with one attached hydrogen (secondary N) is 1. The molecule has 0 unspecified atom stereocenters. The van der Waals surface area contributed by atoms with Gasteiger partial charge in [-0.15, -0.1) is 23.7 Å². The van der Waals surface area contributed by atoms with Crippen molar-refractivity contribution in [1.82, 2.24) is 5.32 Å². The number of nitrogens with zero attached hydrogens (tertiary/aromatic N) is 1. The van der Waals surface area contributed by atoms with Crippen molar-refractivity contribution in [1.29, 1.82) is 0 Å². The first kappa shape index (κ1) is 18.3. The summed E-state index contributed by atoms with van der Waals surface area (Å²) in [6.45, 7) is 1.04. The molecule has 0 spiro atoms. The van der Waals surface area contributed by atoms with Crippen molar-refractivity contribution in [2.24, 2.45) is 0 Å². The fourth-order valence-electron chi connectivity index (χ4n) is 2.82. The Bertz CT molecular complexity index is 719. The summed E-state index contributed by atoms with van der Waals surface area (Å²) in [5.74, 6) is -0.112. The van der Waals surface area contributed by atoms with E-state index >= 15 is 0 Å². The summed E-state index contributed by atoms with van der Waals surface area (Å²) in [5.41, 5.74) is 8.70. The van der Waals surface area contributed by atoms with Crippen molar-refractivity contribution in [3.05, 3.63) is 46.2 Å². The van der Waals surface area contributed by atoms with Crippen LogP contribution in [-0.2, 0) is 11.2 Å². The zero-order chi connectivity index (χ0) is 16.2. The van der Waals surface area contributed by atoms with Gasteiger partial charge in [-0.1, -0.05) is 12.1 Å². The van der Waals surface area contributed by atoms with E-state index in [1.165, 1.54) is 11.3 Å². The molecule has 3 N–H and O–H groups in total. The van der Waals surface area contributed by atoms with Gasteiger partial charge >= 0.3 is 0 Å². The molecule has 0 saturated carbocycles. The highest BCUT2D eigenvalue weighted by Gasteiger charge is 2.23. The summed E-state index contributed by atoms with van der Waals surface area (Å²) in [7, 11) is 0. The van der Waals surface area contributed by atoms with E-state index in [0.29, 0.717) is 18.0 Å². The lowest BCUT2D eigenvalue weighted by atomic mass is 9.99. The van der Waals surface area contributed by atoms with E-state index in [4.69, 9.17) is 5.73 Å². The van der Waals surface area contributed by atoms with Crippen LogP contribution in [0.25, 0.3) is 0 Å². The molecule has 128 valence electrons. The number of thiophene rings is 1. The molecular weight excluding hydrogens is 346 g/mol. The van der Waals surface area contributed by atoms with Crippen molar-refractivity contribution < 1.29 is 9.59 Å². The highest BCUT2D eigenvalue weighted by molar-refractivity contribution is 7.12. The van der Waals surface area contributed by atoms with Crippen LogP contribution in [0, 0.1) is 0 Å². The number of nitrogens with two attached hydrogens (primary N) is 1. The summed E-state index contributed by atoms with van der Waals surface area (Å²) in [6, 6.07) is 9.28. The van der Waals surface area contributed by atoms with E-state index < -0.39 is 0 Å². The lowest BCUT2D eigenvalue weighted by Gasteiger charge is -2.30. The molecule has 2 amide bonds. The van der Waals surface area contributed by atoms with Crippen LogP contribution in [0.15, 0.2) is 35.7 Å². The number of anilines is 2. The number of benzene rings is 1. The molecule has 0 atom stereocenters. The van der Waals surface area contributed by atoms with Gasteiger partial charge in [0, 0.05) is 30.9 Å². The van der Waals surface area contributed by atoms with Gasteiger partial charge in [0.2, 0.25) is 5.91 Å². The van der Waals surface area contributed by atoms with Gasteiger partial charge in [-0.3, -0.25) is 9.59 Å². The number of fused-ring (bicyclic) bond motifs is 1. The zero-order valence-electron chi connectivity index (χ0n) is 13.2. The molecule has 1 aliphatic rings. The second kappa shape index (κ2) is 8.17. The molecule has 7 heteroatoms. The standard InChI is InChI=1S/C17H19N3O2S.ClH/c18-13-5-1-6-14-12(13)4-2-10-20(14)16(21)8-9-19-17(22)15-7-3-11-23-15;/h1,3,5-7,11H,2,4,8-10,18H2,(H,19,22);1H. The molecule has 0 aliphatic carbocycles. The lowest BCUT2D eigenvalue weighted by molar-refractivity contribution is -0.118. The Balaban J connectivity index is 0.00000208. The smallest absolute Gasteiger partial charge is 0.261 e. The van der Waals surface area contributed by atoms with Crippen LogP contribution in [-0.4, -0.2) is 24.9 Å². The Morgan fingerprint density at radius 2 is 2.08 bits per heavy atom. The number of rotatable bonds is 4. The monoisotopic (exact) mass is 365 g/mol. The molecule has 0 bridgehead atoms. The van der Waals surface area contributed by atoms with Crippen LogP contribution in [0.1, 0.15) is 28.1 Å². The molecule has 0 radical (unpaired) electrons. The van der Waals surface area contributed by atoms with E-state index in [2.05, 4.69) is 5.32 Å². The van der Waals surface area contributed by atoms with Gasteiger partial charge < -0.3 is 16.0 Å². The number of hydrogen-bond acceptors (Lipinski definition) is 4. The van der Waals surface area contributed by atoms with Crippen LogP contribution in [0.3, 0.4) is 0 Å². The number of hydrogen-bond donors (Lipinski definition) is 2. The Labute approximate surface area is 151 Å². The third kappa shape index (κ3) is 3.88. The number of carbonyl (C=O) groups excluding carboxylic acids is 2. The Morgan fingerprint density at radius 3 is 2.83 bits per heavy atom. The van der Waals surface area contributed by atoms with Gasteiger partial charge in [0.1, 0.15) is 0 Å². The molecule has 24 heavy (non-hydrogen) atoms. The van der Waals surface area contributed by atoms with Crippen molar-refractivity contribution in [3.8, 4) is 0 Å². The first-order valence-electron chi connectivity index (χ1n) is 7.66. The quantitative estimate of drug-likeness (QED) is 0.818. The van der Waals surface area contributed by atoms with Gasteiger partial charge in [0.25, 0.3) is 5.91 Å². The predicted octanol–water partition coefficient (Wildman–Crippen LogP) is 2.85. The second-order valence-corrected chi connectivity index (χ2v) is 6.42. The Kier molecular flexibility index (Phi) is 6.23. The fourth-order valence-corrected chi connectivity index (χ4v) is 3.46. The van der Waals surface area contributed by atoms with Gasteiger partial charge in [0.05, 0.1) is 4.88 Å². The highest BCUT2D eigenvalue weighted by Crippen LogP contribution is 2.31. The molecule has 0 saturated heterocycles. The van der Waals surface area contributed by atoms with Gasteiger partial charge in [-0.05, 0) is 42.0 Å². The molecule has 0 fully saturated rings. The zero-order valence-corrected chi connectivity index (χ0v) is 14.8. The topological polar surface area (TPSA) is 75.4 Å². The number of nitrogen functional groups attached to an aromatic ring is 1. The summed E-state index contributed by atoms with van der Waals surface area (Å²) in [5, 5.41) is 4.65. The Morgan fingerprint density at radius 1 is 1.25 bits per heavy atom. The van der Waals surface area contributed by atoms with Crippen LogP contribution in [0.2, 0.25) is 0 Å². The predicted molar refractivity (Wildman–Crippen MR) is 100 cm³/mol. The van der Waals surface area contributed by atoms with Gasteiger partial charge in [0.15, 0.2) is 0 Å². The maximum absolute atomic E-state index is 12.5. The van der Waals surface area contributed by atoms with Crippen molar-refractivity contribution in [2.75, 3.05) is 23.7 Å². The summed E-state index contributed by atoms with van der Waals surface area (Å²) >= 11 is 1.39. The molecular formula is C17H20ClN3O2S. The molecule has 1 aromatic heterocycles. The number of halogens is 1. The first-order chi connectivity index (χ1) is 11.2. The average molecular weight is 366 g/mol. The first-order valence-corrected chi connectivity index (χ1v) is 8.54. The molecule has 3 rings (SSSR count). The SMILES string of the molecule is Cl.Nc1cccc2c1CCCN2C(=O)CCNC(=O)c1cccs1. The normalized spacial score (nSPS) is 12.9. The minimum atomic E-state index is -0.129. The average Bonchev–Trinajstić information content (AvgIpc) is 3.09. The van der Waals surface area contributed by atoms with E-state index in [1.807, 2.05) is 29.6 Å². The van der Waals surface area contributed by atoms with E-state index in [0.717, 1.165) is 29.8 Å². The molecule has 1 aliphatic heterocycles. The summed E-state index contributed by atoms with van der Waals surface area (Å²) < 4.78 is 0. The van der Waals surface area contributed by atoms with Crippen molar-refractivity contribution >= 4 is 46.9 Å². The maximum Gasteiger partial charge on any atom is 0.261 e. The molecule has 2 aromatic rings. The minimum Gasteiger partial charge on any atom is -0.398 e. The third-order valence-corrected chi connectivity index (χ3v) is 4.83. The second-order valence-electron chi connectivity index (χ2n) is 5.48. The highest BCUT2D eigenvalue weighted by atomic mass is 35.5. The largest absolute Gasteiger partial charge is 0.398 e. The van der Waals surface area contributed by atoms with Crippen LogP contribution >= 0.6 is 23.7 Å². The van der Waals surface area contributed by atoms with Crippen molar-refractivity contribution in [2.45, 2.75) is 19.3 Å². The van der Waals surface area contributed by atoms with Crippen LogP contribution in [0.5, 0.6) is 0 Å². The lowest BCUT2D eigenvalue weighted by Crippen LogP contribution is -2.38. The fraction of sp³-hybridized carbons (Fsp3) is 0.294. The van der Waals surface area contributed by atoms with Gasteiger partial charge in [-0.25, -0.2) is 0 Å². The van der Waals surface area contributed by atoms with Crippen LogP contribution in [0.4, 0.5) is 11.4 Å².